The molecule has 3 nitrogen and oxygen atoms in total. The zero-order chi connectivity index (χ0) is 16.7. The van der Waals surface area contributed by atoms with Gasteiger partial charge in [0.1, 0.15) is 5.71 Å². The molecule has 1 aliphatic heterocycles. The van der Waals surface area contributed by atoms with Crippen molar-refractivity contribution in [1.29, 1.82) is 0 Å². The zero-order valence-electron chi connectivity index (χ0n) is 12.9. The Balaban J connectivity index is 1.86. The van der Waals surface area contributed by atoms with E-state index in [9.17, 15) is 4.79 Å². The van der Waals surface area contributed by atoms with Gasteiger partial charge in [-0.3, -0.25) is 9.69 Å². The van der Waals surface area contributed by atoms with Gasteiger partial charge in [-0.05, 0) is 42.1 Å². The molecular weight excluding hydrogens is 340 g/mol. The van der Waals surface area contributed by atoms with Crippen LogP contribution in [-0.4, -0.2) is 11.6 Å². The predicted octanol–water partition coefficient (Wildman–Crippen LogP) is 5.51. The Kier molecular flexibility index (Phi) is 3.71. The highest BCUT2D eigenvalue weighted by Crippen LogP contribution is 2.37. The van der Waals surface area contributed by atoms with Gasteiger partial charge in [-0.2, -0.15) is 11.3 Å². The molecule has 2 heterocycles. The van der Waals surface area contributed by atoms with Crippen molar-refractivity contribution in [1.82, 2.24) is 0 Å². The number of anilines is 2. The summed E-state index contributed by atoms with van der Waals surface area (Å²) in [4.78, 5) is 19.3. The molecular formula is C19H13ClN2OS. The third-order valence-electron chi connectivity index (χ3n) is 3.97. The van der Waals surface area contributed by atoms with Gasteiger partial charge in [0.25, 0.3) is 5.91 Å². The number of fused-ring (bicyclic) bond motifs is 1. The number of hydrogen-bond acceptors (Lipinski definition) is 3. The second-order valence-electron chi connectivity index (χ2n) is 5.53. The van der Waals surface area contributed by atoms with Crippen molar-refractivity contribution in [2.75, 3.05) is 4.90 Å². The van der Waals surface area contributed by atoms with Crippen LogP contribution in [0.3, 0.4) is 0 Å². The van der Waals surface area contributed by atoms with E-state index in [0.717, 1.165) is 22.5 Å². The third kappa shape index (κ3) is 2.44. The average molecular weight is 353 g/mol. The van der Waals surface area contributed by atoms with Crippen molar-refractivity contribution in [3.05, 3.63) is 75.4 Å². The smallest absolute Gasteiger partial charge is 0.274 e. The van der Waals surface area contributed by atoms with E-state index in [1.165, 1.54) is 0 Å². The second kappa shape index (κ2) is 5.89. The van der Waals surface area contributed by atoms with Crippen LogP contribution >= 0.6 is 22.9 Å². The second-order valence-corrected chi connectivity index (χ2v) is 6.72. The molecule has 1 aromatic heterocycles. The summed E-state index contributed by atoms with van der Waals surface area (Å²) >= 11 is 7.74. The molecule has 0 saturated carbocycles. The molecule has 0 radical (unpaired) electrons. The number of nitrogens with zero attached hydrogens (tertiary/aromatic N) is 2. The molecule has 0 fully saturated rings. The Bertz CT molecular complexity index is 963. The number of carbonyl (C=O) groups is 1. The van der Waals surface area contributed by atoms with E-state index >= 15 is 0 Å². The molecule has 1 amide bonds. The molecule has 0 N–H and O–H groups in total. The first-order valence-electron chi connectivity index (χ1n) is 7.46. The highest BCUT2D eigenvalue weighted by molar-refractivity contribution is 7.08. The highest BCUT2D eigenvalue weighted by Gasteiger charge is 2.34. The Morgan fingerprint density at radius 3 is 2.71 bits per heavy atom. The highest BCUT2D eigenvalue weighted by atomic mass is 35.5. The molecule has 0 atom stereocenters. The minimum Gasteiger partial charge on any atom is -0.274 e. The van der Waals surface area contributed by atoms with E-state index in [1.807, 2.05) is 60.1 Å². The topological polar surface area (TPSA) is 32.7 Å². The minimum absolute atomic E-state index is 0.119. The molecule has 1 aliphatic rings. The van der Waals surface area contributed by atoms with Crippen molar-refractivity contribution in [2.45, 2.75) is 6.92 Å². The predicted molar refractivity (Wildman–Crippen MR) is 100 cm³/mol. The lowest BCUT2D eigenvalue weighted by Crippen LogP contribution is -2.24. The molecule has 0 unspecified atom stereocenters. The van der Waals surface area contributed by atoms with Crippen LogP contribution in [0.4, 0.5) is 17.1 Å². The zero-order valence-corrected chi connectivity index (χ0v) is 14.4. The fraction of sp³-hybridized carbons (Fsp3) is 0.0526. The lowest BCUT2D eigenvalue weighted by atomic mass is 10.1. The molecule has 24 heavy (non-hydrogen) atoms. The van der Waals surface area contributed by atoms with Crippen molar-refractivity contribution in [2.24, 2.45) is 4.99 Å². The molecule has 4 rings (SSSR count). The quantitative estimate of drug-likeness (QED) is 0.598. The average Bonchev–Trinajstić information content (AvgIpc) is 3.18. The molecule has 0 aliphatic carbocycles. The van der Waals surface area contributed by atoms with E-state index in [4.69, 9.17) is 11.6 Å². The summed E-state index contributed by atoms with van der Waals surface area (Å²) < 4.78 is 0. The number of thiophene rings is 1. The summed E-state index contributed by atoms with van der Waals surface area (Å²) in [5.41, 5.74) is 4.67. The maximum atomic E-state index is 13.0. The van der Waals surface area contributed by atoms with E-state index in [1.54, 1.807) is 22.3 Å². The van der Waals surface area contributed by atoms with Gasteiger partial charge in [-0.25, -0.2) is 4.99 Å². The van der Waals surface area contributed by atoms with E-state index in [-0.39, 0.29) is 5.91 Å². The van der Waals surface area contributed by atoms with Gasteiger partial charge in [0.05, 0.1) is 17.1 Å². The summed E-state index contributed by atoms with van der Waals surface area (Å²) in [7, 11) is 0. The molecule has 118 valence electrons. The van der Waals surface area contributed by atoms with E-state index in [2.05, 4.69) is 4.99 Å². The van der Waals surface area contributed by atoms with Crippen LogP contribution in [-0.2, 0) is 4.79 Å². The van der Waals surface area contributed by atoms with Gasteiger partial charge in [-0.1, -0.05) is 35.9 Å². The lowest BCUT2D eigenvalue weighted by Gasteiger charge is -2.14. The van der Waals surface area contributed by atoms with Gasteiger partial charge >= 0.3 is 0 Å². The van der Waals surface area contributed by atoms with E-state index < -0.39 is 0 Å². The summed E-state index contributed by atoms with van der Waals surface area (Å²) in [5.74, 6) is -0.119. The Morgan fingerprint density at radius 1 is 1.12 bits per heavy atom. The fourth-order valence-corrected chi connectivity index (χ4v) is 3.52. The van der Waals surface area contributed by atoms with Crippen LogP contribution in [0.5, 0.6) is 0 Å². The normalized spacial score (nSPS) is 15.2. The molecule has 0 spiro atoms. The largest absolute Gasteiger partial charge is 0.282 e. The number of hydrogen-bond donors (Lipinski definition) is 0. The molecule has 2 aromatic carbocycles. The van der Waals surface area contributed by atoms with Crippen molar-refractivity contribution >= 4 is 51.6 Å². The van der Waals surface area contributed by atoms with Crippen molar-refractivity contribution < 1.29 is 4.79 Å². The maximum Gasteiger partial charge on any atom is 0.282 e. The van der Waals surface area contributed by atoms with Crippen LogP contribution in [0, 0.1) is 6.92 Å². The summed E-state index contributed by atoms with van der Waals surface area (Å²) in [6, 6.07) is 15.2. The Hall–Kier alpha value is -2.43. The molecule has 0 saturated heterocycles. The first-order valence-corrected chi connectivity index (χ1v) is 8.78. The first-order chi connectivity index (χ1) is 11.6. The van der Waals surface area contributed by atoms with E-state index in [0.29, 0.717) is 16.4 Å². The van der Waals surface area contributed by atoms with Crippen molar-refractivity contribution in [3.63, 3.8) is 0 Å². The number of aryl methyl sites for hydroxylation is 1. The van der Waals surface area contributed by atoms with Gasteiger partial charge < -0.3 is 0 Å². The summed E-state index contributed by atoms with van der Waals surface area (Å²) in [5, 5.41) is 4.56. The van der Waals surface area contributed by atoms with Crippen LogP contribution in [0.2, 0.25) is 5.02 Å². The number of carbonyl (C=O) groups excluding carboxylic acids is 1. The monoisotopic (exact) mass is 352 g/mol. The van der Waals surface area contributed by atoms with Crippen LogP contribution in [0.15, 0.2) is 64.3 Å². The number of rotatable bonds is 2. The van der Waals surface area contributed by atoms with Gasteiger partial charge in [0.15, 0.2) is 0 Å². The minimum atomic E-state index is -0.119. The first kappa shape index (κ1) is 15.1. The SMILES string of the molecule is Cc1ccc(N=C2C(=O)N(c3ccsc3)c3ccccc32)cc1Cl. The number of halogens is 1. The van der Waals surface area contributed by atoms with Gasteiger partial charge in [0, 0.05) is 16.0 Å². The Labute approximate surface area is 148 Å². The number of para-hydroxylation sites is 1. The summed E-state index contributed by atoms with van der Waals surface area (Å²) in [6.07, 6.45) is 0. The molecule has 5 heteroatoms. The van der Waals surface area contributed by atoms with Gasteiger partial charge in [0.2, 0.25) is 0 Å². The molecule has 3 aromatic rings. The van der Waals surface area contributed by atoms with Crippen LogP contribution < -0.4 is 4.90 Å². The maximum absolute atomic E-state index is 13.0. The lowest BCUT2D eigenvalue weighted by molar-refractivity contribution is -0.111. The third-order valence-corrected chi connectivity index (χ3v) is 5.04. The van der Waals surface area contributed by atoms with Crippen LogP contribution in [0.25, 0.3) is 0 Å². The fourth-order valence-electron chi connectivity index (χ4n) is 2.73. The number of benzene rings is 2. The summed E-state index contributed by atoms with van der Waals surface area (Å²) in [6.45, 7) is 1.94. The van der Waals surface area contributed by atoms with Crippen LogP contribution in [0.1, 0.15) is 11.1 Å². The number of aliphatic imine (C=N–C) groups is 1. The van der Waals surface area contributed by atoms with Crippen molar-refractivity contribution in [3.8, 4) is 0 Å². The standard InChI is InChI=1S/C19H13ClN2OS/c1-12-6-7-13(10-16(12)20)21-18-15-4-2-3-5-17(15)22(19(18)23)14-8-9-24-11-14/h2-11H,1H3. The Morgan fingerprint density at radius 2 is 1.96 bits per heavy atom. The van der Waals surface area contributed by atoms with Gasteiger partial charge in [-0.15, -0.1) is 0 Å². The molecule has 0 bridgehead atoms. The number of amides is 1.